The molecule has 0 radical (unpaired) electrons. The summed E-state index contributed by atoms with van der Waals surface area (Å²) in [6.45, 7) is 5.48. The van der Waals surface area contributed by atoms with Crippen molar-refractivity contribution in [1.29, 1.82) is 0 Å². The summed E-state index contributed by atoms with van der Waals surface area (Å²) in [4.78, 5) is 39.3. The summed E-state index contributed by atoms with van der Waals surface area (Å²) in [7, 11) is 4.15. The van der Waals surface area contributed by atoms with Gasteiger partial charge in [0.2, 0.25) is 0 Å². The van der Waals surface area contributed by atoms with Crippen molar-refractivity contribution in [1.82, 2.24) is 0 Å². The molecule has 0 amide bonds. The SMILES string of the molecule is CCCCCCc1ccc(N(C(C)OC(=O)c2c(Cl)ccc(Cl)c2OC)C(C)OC(=O)c2c(Cl)ccc(Cl)c2OC)cc1.COc1c(Cl)ccc(Cl)c1C(=O)Cl. The molecule has 0 aromatic heterocycles. The zero-order valence-corrected chi connectivity index (χ0v) is 36.6. The molecule has 9 nitrogen and oxygen atoms in total. The molecule has 0 N–H and O–H groups in total. The minimum Gasteiger partial charge on any atom is -0.494 e. The second kappa shape index (κ2) is 22.6. The topological polar surface area (TPSA) is 101 Å². The Labute approximate surface area is 361 Å². The molecule has 4 aromatic carbocycles. The maximum absolute atomic E-state index is 13.4. The first-order valence-corrected chi connectivity index (χ1v) is 19.8. The molecule has 0 aliphatic carbocycles. The van der Waals surface area contributed by atoms with Gasteiger partial charge in [0.1, 0.15) is 11.1 Å². The highest BCUT2D eigenvalue weighted by Gasteiger charge is 2.31. The Bertz CT molecular complexity index is 1920. The van der Waals surface area contributed by atoms with Crippen molar-refractivity contribution >= 4 is 104 Å². The lowest BCUT2D eigenvalue weighted by Gasteiger charge is -2.35. The van der Waals surface area contributed by atoms with Crippen LogP contribution in [-0.4, -0.2) is 51.0 Å². The Morgan fingerprint density at radius 2 is 0.929 bits per heavy atom. The molecule has 4 aromatic rings. The van der Waals surface area contributed by atoms with Crippen LogP contribution in [0, 0.1) is 0 Å². The van der Waals surface area contributed by atoms with Gasteiger partial charge in [0.05, 0.1) is 57.0 Å². The molecule has 2 atom stereocenters. The molecule has 0 saturated carbocycles. The Morgan fingerprint density at radius 3 is 1.29 bits per heavy atom. The molecule has 4 rings (SSSR count). The summed E-state index contributed by atoms with van der Waals surface area (Å²) in [5.41, 5.74) is 1.86. The van der Waals surface area contributed by atoms with Gasteiger partial charge in [-0.2, -0.15) is 0 Å². The van der Waals surface area contributed by atoms with Crippen molar-refractivity contribution in [2.75, 3.05) is 26.2 Å². The zero-order chi connectivity index (χ0) is 41.7. The van der Waals surface area contributed by atoms with Gasteiger partial charge in [-0.25, -0.2) is 9.59 Å². The fourth-order valence-electron chi connectivity index (χ4n) is 5.61. The lowest BCUT2D eigenvalue weighted by molar-refractivity contribution is 0.00873. The van der Waals surface area contributed by atoms with Gasteiger partial charge in [0, 0.05) is 5.69 Å². The number of carbonyl (C=O) groups excluding carboxylic acids is 3. The largest absolute Gasteiger partial charge is 0.494 e. The lowest BCUT2D eigenvalue weighted by Crippen LogP contribution is -2.45. The average molecular weight is 911 g/mol. The molecular formula is C40H40Cl7NO8. The highest BCUT2D eigenvalue weighted by molar-refractivity contribution is 6.69. The van der Waals surface area contributed by atoms with Gasteiger partial charge >= 0.3 is 11.9 Å². The zero-order valence-electron chi connectivity index (χ0n) is 31.3. The van der Waals surface area contributed by atoms with Crippen molar-refractivity contribution in [3.63, 3.8) is 0 Å². The maximum atomic E-state index is 13.4. The minimum atomic E-state index is -0.942. The average Bonchev–Trinajstić information content (AvgIpc) is 3.16. The number of methoxy groups -OCH3 is 3. The van der Waals surface area contributed by atoms with Gasteiger partial charge in [-0.15, -0.1) is 0 Å². The molecule has 302 valence electrons. The summed E-state index contributed by atoms with van der Waals surface area (Å²) in [5.74, 6) is -1.16. The van der Waals surface area contributed by atoms with Crippen molar-refractivity contribution < 1.29 is 38.1 Å². The third-order valence-electron chi connectivity index (χ3n) is 8.29. The summed E-state index contributed by atoms with van der Waals surface area (Å²) >= 11 is 41.9. The number of hydrogen-bond acceptors (Lipinski definition) is 9. The number of hydrogen-bond donors (Lipinski definition) is 0. The van der Waals surface area contributed by atoms with E-state index in [0.717, 1.165) is 19.3 Å². The highest BCUT2D eigenvalue weighted by Crippen LogP contribution is 2.37. The van der Waals surface area contributed by atoms with Gasteiger partial charge in [0.15, 0.2) is 29.7 Å². The minimum absolute atomic E-state index is 0.0222. The van der Waals surface area contributed by atoms with Crippen molar-refractivity contribution in [2.24, 2.45) is 0 Å². The van der Waals surface area contributed by atoms with Gasteiger partial charge in [0.25, 0.3) is 5.24 Å². The predicted molar refractivity (Wildman–Crippen MR) is 226 cm³/mol. The van der Waals surface area contributed by atoms with Gasteiger partial charge in [-0.1, -0.05) is 108 Å². The molecule has 16 heteroatoms. The van der Waals surface area contributed by atoms with Crippen LogP contribution in [-0.2, 0) is 15.9 Å². The number of nitrogens with zero attached hydrogens (tertiary/aromatic N) is 1. The quantitative estimate of drug-likeness (QED) is 0.0471. The third kappa shape index (κ3) is 12.1. The van der Waals surface area contributed by atoms with Crippen LogP contribution in [0.5, 0.6) is 17.2 Å². The third-order valence-corrected chi connectivity index (χ3v) is 10.3. The second-order valence-corrected chi connectivity index (χ2v) is 14.8. The number of anilines is 1. The number of carbonyl (C=O) groups is 3. The smallest absolute Gasteiger partial charge is 0.345 e. The first-order chi connectivity index (χ1) is 26.6. The van der Waals surface area contributed by atoms with Crippen LogP contribution in [0.4, 0.5) is 5.69 Å². The van der Waals surface area contributed by atoms with E-state index in [1.165, 1.54) is 76.1 Å². The maximum Gasteiger partial charge on any atom is 0.345 e. The van der Waals surface area contributed by atoms with Gasteiger partial charge in [-0.05, 0) is 92.4 Å². The molecule has 0 aliphatic rings. The number of unbranched alkanes of at least 4 members (excludes halogenated alkanes) is 3. The molecule has 0 bridgehead atoms. The van der Waals surface area contributed by atoms with E-state index in [1.54, 1.807) is 18.7 Å². The fourth-order valence-corrected chi connectivity index (χ4v) is 7.24. The molecular weight excluding hydrogens is 871 g/mol. The van der Waals surface area contributed by atoms with E-state index >= 15 is 0 Å². The van der Waals surface area contributed by atoms with E-state index in [2.05, 4.69) is 6.92 Å². The normalized spacial score (nSPS) is 11.7. The Kier molecular flexibility index (Phi) is 19.0. The number of aryl methyl sites for hydroxylation is 1. The van der Waals surface area contributed by atoms with Gasteiger partial charge in [-0.3, -0.25) is 4.79 Å². The van der Waals surface area contributed by atoms with E-state index in [-0.39, 0.29) is 59.1 Å². The lowest BCUT2D eigenvalue weighted by atomic mass is 10.1. The van der Waals surface area contributed by atoms with Crippen LogP contribution in [0.2, 0.25) is 30.1 Å². The van der Waals surface area contributed by atoms with Crippen LogP contribution in [0.15, 0.2) is 60.7 Å². The number of ether oxygens (including phenoxy) is 5. The fraction of sp³-hybridized carbons (Fsp3) is 0.325. The van der Waals surface area contributed by atoms with E-state index in [9.17, 15) is 14.4 Å². The summed E-state index contributed by atoms with van der Waals surface area (Å²) in [6, 6.07) is 16.8. The molecule has 2 unspecified atom stereocenters. The van der Waals surface area contributed by atoms with Crippen molar-refractivity contribution in [2.45, 2.75) is 65.3 Å². The monoisotopic (exact) mass is 907 g/mol. The number of rotatable bonds is 16. The van der Waals surface area contributed by atoms with Gasteiger partial charge < -0.3 is 28.6 Å². The van der Waals surface area contributed by atoms with Crippen molar-refractivity contribution in [3.05, 3.63) is 113 Å². The van der Waals surface area contributed by atoms with Crippen LogP contribution in [0.3, 0.4) is 0 Å². The van der Waals surface area contributed by atoms with Crippen LogP contribution in [0.1, 0.15) is 83.1 Å². The number of halogens is 7. The second-order valence-electron chi connectivity index (χ2n) is 12.0. The van der Waals surface area contributed by atoms with Crippen molar-refractivity contribution in [3.8, 4) is 17.2 Å². The summed E-state index contributed by atoms with van der Waals surface area (Å²) < 4.78 is 27.2. The molecule has 0 saturated heterocycles. The molecule has 0 spiro atoms. The Morgan fingerprint density at radius 1 is 0.554 bits per heavy atom. The molecule has 0 fully saturated rings. The van der Waals surface area contributed by atoms with E-state index in [0.29, 0.717) is 10.7 Å². The summed E-state index contributed by atoms with van der Waals surface area (Å²) in [5, 5.41) is 0.459. The van der Waals surface area contributed by atoms with E-state index < -0.39 is 29.6 Å². The molecule has 0 aliphatic heterocycles. The first-order valence-electron chi connectivity index (χ1n) is 17.2. The summed E-state index contributed by atoms with van der Waals surface area (Å²) in [6.07, 6.45) is 3.67. The Balaban J connectivity index is 0.000000546. The van der Waals surface area contributed by atoms with Crippen LogP contribution < -0.4 is 19.1 Å². The van der Waals surface area contributed by atoms with Crippen LogP contribution >= 0.6 is 81.2 Å². The highest BCUT2D eigenvalue weighted by atomic mass is 35.5. The van der Waals surface area contributed by atoms with Crippen LogP contribution in [0.25, 0.3) is 0 Å². The standard InChI is InChI=1S/C32H35Cl4NO6.C8H5Cl3O2/c1-6-7-8-9-10-21-11-13-22(14-12-21)37(19(2)42-31(38)27-23(33)15-17-25(35)29(27)40-4)20(3)43-32(39)28-24(34)16-18-26(36)30(28)41-5;1-13-7-5(10)3-2-4(9)6(7)8(11)12/h11-20H,6-10H2,1-5H3;2-3H,1H3. The molecule has 0 heterocycles. The first kappa shape index (κ1) is 47.1. The number of esters is 2. The van der Waals surface area contributed by atoms with E-state index in [1.807, 2.05) is 24.3 Å². The predicted octanol–water partition coefficient (Wildman–Crippen LogP) is 13.0. The Hall–Kier alpha value is -3.28. The molecule has 56 heavy (non-hydrogen) atoms. The van der Waals surface area contributed by atoms with E-state index in [4.69, 9.17) is 105 Å². The number of benzene rings is 4.